The molecule has 33 heavy (non-hydrogen) atoms. The van der Waals surface area contributed by atoms with Gasteiger partial charge in [-0.2, -0.15) is 0 Å². The van der Waals surface area contributed by atoms with Crippen molar-refractivity contribution in [2.75, 3.05) is 30.8 Å². The Bertz CT molecular complexity index is 1210. The van der Waals surface area contributed by atoms with Gasteiger partial charge in [0.15, 0.2) is 5.13 Å². The van der Waals surface area contributed by atoms with Gasteiger partial charge in [-0.3, -0.25) is 4.79 Å². The van der Waals surface area contributed by atoms with E-state index in [1.807, 2.05) is 6.92 Å². The molecule has 2 aromatic carbocycles. The predicted octanol–water partition coefficient (Wildman–Crippen LogP) is 3.68. The van der Waals surface area contributed by atoms with Crippen molar-refractivity contribution in [1.29, 1.82) is 0 Å². The summed E-state index contributed by atoms with van der Waals surface area (Å²) in [6.45, 7) is 2.95. The summed E-state index contributed by atoms with van der Waals surface area (Å²) in [5.74, 6) is -3.08. The third-order valence-electron chi connectivity index (χ3n) is 4.35. The van der Waals surface area contributed by atoms with E-state index in [-0.39, 0.29) is 33.9 Å². The molecule has 0 atom stereocenters. The van der Waals surface area contributed by atoms with E-state index in [4.69, 9.17) is 10.5 Å². The lowest BCUT2D eigenvalue weighted by Gasteiger charge is -2.08. The van der Waals surface area contributed by atoms with Crippen molar-refractivity contribution < 1.29 is 26.7 Å². The molecule has 0 unspecified atom stereocenters. The van der Waals surface area contributed by atoms with Gasteiger partial charge in [0.05, 0.1) is 17.1 Å². The highest BCUT2D eigenvalue weighted by atomic mass is 32.2. The molecule has 12 heteroatoms. The van der Waals surface area contributed by atoms with Gasteiger partial charge in [0.1, 0.15) is 22.3 Å². The number of carbonyl (C=O) groups excluding carboxylic acids is 1. The van der Waals surface area contributed by atoms with E-state index in [9.17, 15) is 22.0 Å². The summed E-state index contributed by atoms with van der Waals surface area (Å²) in [5.41, 5.74) is 5.56. The molecule has 1 aromatic heterocycles. The number of nitrogens with zero attached hydrogens (tertiary/aromatic N) is 1. The average molecular weight is 497 g/mol. The van der Waals surface area contributed by atoms with Crippen LogP contribution in [0.2, 0.25) is 0 Å². The molecule has 4 N–H and O–H groups in total. The first-order chi connectivity index (χ1) is 15.7. The minimum Gasteiger partial charge on any atom is -0.382 e. The lowest BCUT2D eigenvalue weighted by molar-refractivity contribution is 0.103. The van der Waals surface area contributed by atoms with Crippen LogP contribution in [0.15, 0.2) is 47.4 Å². The van der Waals surface area contributed by atoms with Gasteiger partial charge in [-0.25, -0.2) is 26.9 Å². The first-order valence-corrected chi connectivity index (χ1v) is 12.2. The number of hydrogen-bond donors (Lipinski definition) is 3. The van der Waals surface area contributed by atoms with Gasteiger partial charge in [-0.1, -0.05) is 24.3 Å². The molecule has 0 aliphatic carbocycles. The number of carbonyl (C=O) groups is 1. The molecule has 3 rings (SSSR count). The molecule has 0 bridgehead atoms. The monoisotopic (exact) mass is 496 g/mol. The number of sulfonamides is 1. The quantitative estimate of drug-likeness (QED) is 0.273. The van der Waals surface area contributed by atoms with Crippen LogP contribution in [-0.2, 0) is 14.8 Å². The Kier molecular flexibility index (Phi) is 8.08. The lowest BCUT2D eigenvalue weighted by atomic mass is 10.1. The summed E-state index contributed by atoms with van der Waals surface area (Å²) in [6, 6.07) is 8.94. The maximum Gasteiger partial charge on any atom is 0.240 e. The topological polar surface area (TPSA) is 123 Å². The highest BCUT2D eigenvalue weighted by molar-refractivity contribution is 7.89. The second-order valence-corrected chi connectivity index (χ2v) is 9.58. The Morgan fingerprint density at radius 3 is 2.42 bits per heavy atom. The Labute approximate surface area is 193 Å². The van der Waals surface area contributed by atoms with E-state index in [0.717, 1.165) is 36.0 Å². The maximum absolute atomic E-state index is 13.9. The number of aromatic nitrogens is 1. The van der Waals surface area contributed by atoms with Crippen LogP contribution >= 0.6 is 11.3 Å². The zero-order valence-corrected chi connectivity index (χ0v) is 19.2. The summed E-state index contributed by atoms with van der Waals surface area (Å²) in [6.07, 6.45) is 0.849. The summed E-state index contributed by atoms with van der Waals surface area (Å²) in [5, 5.41) is 3.10. The predicted molar refractivity (Wildman–Crippen MR) is 122 cm³/mol. The Morgan fingerprint density at radius 1 is 1.12 bits per heavy atom. The zero-order chi connectivity index (χ0) is 24.0. The standard InChI is InChI=1S/C21H22F2N4O4S2/c1-2-11-31-12-10-25-33(29,30)14-8-6-13(7-9-14)26-21-27-20(24)19(32-21)18(28)17-15(22)4-3-5-16(17)23/h3-9,25H,2,10-12,24H2,1H3,(H,26,27). The highest BCUT2D eigenvalue weighted by Crippen LogP contribution is 2.31. The average Bonchev–Trinajstić information content (AvgIpc) is 3.13. The first kappa shape index (κ1) is 24.7. The van der Waals surface area contributed by atoms with E-state index in [0.29, 0.717) is 12.3 Å². The molecule has 8 nitrogen and oxygen atoms in total. The molecule has 0 fully saturated rings. The van der Waals surface area contributed by atoms with Crippen LogP contribution in [0, 0.1) is 11.6 Å². The molecular formula is C21H22F2N4O4S2. The number of nitrogens with two attached hydrogens (primary N) is 1. The van der Waals surface area contributed by atoms with Crippen LogP contribution < -0.4 is 15.8 Å². The number of ether oxygens (including phenoxy) is 1. The van der Waals surface area contributed by atoms with Crippen LogP contribution in [0.4, 0.5) is 25.4 Å². The van der Waals surface area contributed by atoms with Gasteiger partial charge in [0.25, 0.3) is 0 Å². The number of nitrogen functional groups attached to an aromatic ring is 1. The summed E-state index contributed by atoms with van der Waals surface area (Å²) in [4.78, 5) is 16.5. The van der Waals surface area contributed by atoms with Gasteiger partial charge >= 0.3 is 0 Å². The number of ketones is 1. The molecule has 1 heterocycles. The Morgan fingerprint density at radius 2 is 1.79 bits per heavy atom. The number of anilines is 3. The van der Waals surface area contributed by atoms with Crippen LogP contribution in [0.5, 0.6) is 0 Å². The fourth-order valence-electron chi connectivity index (χ4n) is 2.80. The number of halogens is 2. The Balaban J connectivity index is 1.69. The fraction of sp³-hybridized carbons (Fsp3) is 0.238. The van der Waals surface area contributed by atoms with E-state index < -0.39 is 33.0 Å². The van der Waals surface area contributed by atoms with Gasteiger partial charge in [0.2, 0.25) is 15.8 Å². The molecule has 0 aliphatic heterocycles. The van der Waals surface area contributed by atoms with Gasteiger partial charge in [-0.05, 0) is 42.8 Å². The number of nitrogens with one attached hydrogen (secondary N) is 2. The molecular weight excluding hydrogens is 474 g/mol. The van der Waals surface area contributed by atoms with Gasteiger partial charge < -0.3 is 15.8 Å². The van der Waals surface area contributed by atoms with Crippen LogP contribution in [-0.4, -0.2) is 38.9 Å². The molecule has 176 valence electrons. The van der Waals surface area contributed by atoms with Crippen molar-refractivity contribution in [1.82, 2.24) is 9.71 Å². The normalized spacial score (nSPS) is 11.5. The summed E-state index contributed by atoms with van der Waals surface area (Å²) >= 11 is 0.827. The zero-order valence-electron chi connectivity index (χ0n) is 17.6. The molecule has 0 spiro atoms. The third-order valence-corrected chi connectivity index (χ3v) is 6.81. The maximum atomic E-state index is 13.9. The van der Waals surface area contributed by atoms with E-state index in [2.05, 4.69) is 15.0 Å². The van der Waals surface area contributed by atoms with E-state index in [1.54, 1.807) is 0 Å². The molecule has 3 aromatic rings. The first-order valence-electron chi connectivity index (χ1n) is 9.92. The van der Waals surface area contributed by atoms with E-state index in [1.165, 1.54) is 24.3 Å². The molecule has 0 saturated carbocycles. The number of thiazole rings is 1. The van der Waals surface area contributed by atoms with Crippen LogP contribution in [0.3, 0.4) is 0 Å². The molecule has 0 amide bonds. The Hall–Kier alpha value is -2.93. The van der Waals surface area contributed by atoms with E-state index >= 15 is 0 Å². The number of rotatable bonds is 11. The molecule has 0 aliphatic rings. The van der Waals surface area contributed by atoms with Gasteiger partial charge in [0, 0.05) is 18.8 Å². The highest BCUT2D eigenvalue weighted by Gasteiger charge is 2.24. The van der Waals surface area contributed by atoms with Crippen LogP contribution in [0.25, 0.3) is 0 Å². The molecule has 0 saturated heterocycles. The lowest BCUT2D eigenvalue weighted by Crippen LogP contribution is -2.27. The smallest absolute Gasteiger partial charge is 0.240 e. The van der Waals surface area contributed by atoms with Crippen molar-refractivity contribution >= 4 is 43.8 Å². The van der Waals surface area contributed by atoms with Crippen molar-refractivity contribution in [3.8, 4) is 0 Å². The largest absolute Gasteiger partial charge is 0.382 e. The van der Waals surface area contributed by atoms with Crippen molar-refractivity contribution in [3.63, 3.8) is 0 Å². The van der Waals surface area contributed by atoms with Crippen molar-refractivity contribution in [2.24, 2.45) is 0 Å². The second-order valence-electron chi connectivity index (χ2n) is 6.82. The number of benzene rings is 2. The van der Waals surface area contributed by atoms with Crippen molar-refractivity contribution in [2.45, 2.75) is 18.2 Å². The second kappa shape index (κ2) is 10.8. The summed E-state index contributed by atoms with van der Waals surface area (Å²) in [7, 11) is -3.70. The van der Waals surface area contributed by atoms with Crippen molar-refractivity contribution in [3.05, 3.63) is 64.5 Å². The van der Waals surface area contributed by atoms with Gasteiger partial charge in [-0.15, -0.1) is 0 Å². The molecule has 0 radical (unpaired) electrons. The summed E-state index contributed by atoms with van der Waals surface area (Å²) < 4.78 is 60.3. The minimum absolute atomic E-state index is 0.0630. The third kappa shape index (κ3) is 6.11. The number of hydrogen-bond acceptors (Lipinski definition) is 8. The fourth-order valence-corrected chi connectivity index (χ4v) is 4.66. The van der Waals surface area contributed by atoms with Crippen LogP contribution in [0.1, 0.15) is 28.6 Å². The SMILES string of the molecule is CCCOCCNS(=O)(=O)c1ccc(Nc2nc(N)c(C(=O)c3c(F)cccc3F)s2)cc1. The minimum atomic E-state index is -3.70.